The number of carbonyl (C=O) groups is 4. The Morgan fingerprint density at radius 1 is 1.03 bits per heavy atom. The number of aryl methyl sites for hydroxylation is 1. The maximum absolute atomic E-state index is 12.7. The number of nitrogens with zero attached hydrogens (tertiary/aromatic N) is 2. The van der Waals surface area contributed by atoms with Crippen LogP contribution in [0.15, 0.2) is 18.2 Å². The van der Waals surface area contributed by atoms with Crippen LogP contribution in [0.5, 0.6) is 11.5 Å². The summed E-state index contributed by atoms with van der Waals surface area (Å²) in [5.74, 6) is 0.550. The van der Waals surface area contributed by atoms with Gasteiger partial charge in [0.05, 0.1) is 7.11 Å². The molecule has 1 aliphatic heterocycles. The van der Waals surface area contributed by atoms with Gasteiger partial charge in [-0.25, -0.2) is 0 Å². The van der Waals surface area contributed by atoms with Gasteiger partial charge in [0.1, 0.15) is 6.04 Å². The van der Waals surface area contributed by atoms with Crippen molar-refractivity contribution in [1.29, 1.82) is 0 Å². The van der Waals surface area contributed by atoms with Gasteiger partial charge >= 0.3 is 0 Å². The zero-order valence-corrected chi connectivity index (χ0v) is 22.2. The second-order valence-corrected chi connectivity index (χ2v) is 9.83. The van der Waals surface area contributed by atoms with Gasteiger partial charge in [0.25, 0.3) is 5.91 Å². The summed E-state index contributed by atoms with van der Waals surface area (Å²) in [6.45, 7) is 3.65. The number of nitrogens with one attached hydrogen (secondary N) is 2. The van der Waals surface area contributed by atoms with Crippen LogP contribution in [0, 0.1) is 5.92 Å². The van der Waals surface area contributed by atoms with E-state index in [1.165, 1.54) is 7.11 Å². The predicted molar refractivity (Wildman–Crippen MR) is 138 cm³/mol. The first-order chi connectivity index (χ1) is 17.8. The lowest BCUT2D eigenvalue weighted by atomic mass is 10.1. The third-order valence-corrected chi connectivity index (χ3v) is 6.69. The van der Waals surface area contributed by atoms with Crippen molar-refractivity contribution in [3.63, 3.8) is 0 Å². The molecule has 1 aromatic rings. The maximum atomic E-state index is 12.7. The molecule has 10 nitrogen and oxygen atoms in total. The number of fused-ring (bicyclic) bond motifs is 2. The van der Waals surface area contributed by atoms with Gasteiger partial charge in [0.15, 0.2) is 18.1 Å². The fourth-order valence-electron chi connectivity index (χ4n) is 4.33. The molecule has 1 aliphatic carbocycles. The maximum Gasteiger partial charge on any atom is 0.258 e. The molecule has 0 saturated heterocycles. The average molecular weight is 517 g/mol. The van der Waals surface area contributed by atoms with E-state index in [9.17, 15) is 19.2 Å². The Morgan fingerprint density at radius 2 is 1.76 bits per heavy atom. The summed E-state index contributed by atoms with van der Waals surface area (Å²) in [6.07, 6.45) is 4.92. The summed E-state index contributed by atoms with van der Waals surface area (Å²) in [5.41, 5.74) is 0.875. The van der Waals surface area contributed by atoms with Crippen LogP contribution in [0.3, 0.4) is 0 Å². The first-order valence-electron chi connectivity index (χ1n) is 13.2. The van der Waals surface area contributed by atoms with Crippen LogP contribution in [-0.4, -0.2) is 86.4 Å². The highest BCUT2D eigenvalue weighted by Crippen LogP contribution is 2.31. The van der Waals surface area contributed by atoms with Crippen LogP contribution in [0.4, 0.5) is 0 Å². The number of likely N-dealkylation sites (N-methyl/N-ethyl adjacent to an activating group) is 1. The summed E-state index contributed by atoms with van der Waals surface area (Å²) in [6, 6.07) is 4.66. The Labute approximate surface area is 219 Å². The molecule has 0 radical (unpaired) electrons. The quantitative estimate of drug-likeness (QED) is 0.616. The first kappa shape index (κ1) is 28.3. The lowest BCUT2D eigenvalue weighted by molar-refractivity contribution is -0.135. The highest BCUT2D eigenvalue weighted by molar-refractivity contribution is 5.87. The Balaban J connectivity index is 1.67. The van der Waals surface area contributed by atoms with E-state index in [2.05, 4.69) is 10.6 Å². The van der Waals surface area contributed by atoms with Gasteiger partial charge < -0.3 is 29.9 Å². The van der Waals surface area contributed by atoms with Crippen molar-refractivity contribution < 1.29 is 28.7 Å². The van der Waals surface area contributed by atoms with Crippen LogP contribution >= 0.6 is 0 Å². The third kappa shape index (κ3) is 8.94. The van der Waals surface area contributed by atoms with Crippen molar-refractivity contribution in [2.45, 2.75) is 57.9 Å². The van der Waals surface area contributed by atoms with Gasteiger partial charge in [-0.3, -0.25) is 19.2 Å². The highest BCUT2D eigenvalue weighted by atomic mass is 16.5. The van der Waals surface area contributed by atoms with Gasteiger partial charge in [-0.05, 0) is 63.1 Å². The van der Waals surface area contributed by atoms with Crippen molar-refractivity contribution in [2.24, 2.45) is 5.92 Å². The smallest absolute Gasteiger partial charge is 0.258 e. The predicted octanol–water partition coefficient (Wildman–Crippen LogP) is 1.51. The molecule has 0 spiro atoms. The highest BCUT2D eigenvalue weighted by Gasteiger charge is 2.33. The minimum Gasteiger partial charge on any atom is -0.493 e. The molecule has 1 aromatic carbocycles. The Kier molecular flexibility index (Phi) is 10.6. The van der Waals surface area contributed by atoms with Crippen molar-refractivity contribution >= 4 is 23.6 Å². The van der Waals surface area contributed by atoms with Gasteiger partial charge in [-0.2, -0.15) is 0 Å². The molecule has 1 atom stereocenters. The SMILES string of the molecule is COc1ccc2cc1OCC(=O)N[C@@H](C)C(=O)N(C)CCCCN(C(=O)C1CC1)CCCNC(=O)CC2. The Hall–Kier alpha value is -3.30. The third-order valence-electron chi connectivity index (χ3n) is 6.69. The zero-order chi connectivity index (χ0) is 26.8. The molecule has 1 heterocycles. The molecule has 10 heteroatoms. The van der Waals surface area contributed by atoms with Crippen molar-refractivity contribution in [1.82, 2.24) is 20.4 Å². The molecule has 2 bridgehead atoms. The molecule has 1 fully saturated rings. The van der Waals surface area contributed by atoms with Gasteiger partial charge in [-0.15, -0.1) is 0 Å². The number of methoxy groups -OCH3 is 1. The normalized spacial score (nSPS) is 21.6. The lowest BCUT2D eigenvalue weighted by Gasteiger charge is -2.25. The lowest BCUT2D eigenvalue weighted by Crippen LogP contribution is -2.47. The van der Waals surface area contributed by atoms with E-state index in [0.29, 0.717) is 56.9 Å². The minimum atomic E-state index is -0.696. The monoisotopic (exact) mass is 516 g/mol. The van der Waals surface area contributed by atoms with Crippen LogP contribution < -0.4 is 20.1 Å². The van der Waals surface area contributed by atoms with Crippen molar-refractivity contribution in [3.8, 4) is 11.5 Å². The van der Waals surface area contributed by atoms with Crippen molar-refractivity contribution in [3.05, 3.63) is 23.8 Å². The summed E-state index contributed by atoms with van der Waals surface area (Å²) in [7, 11) is 3.23. The Morgan fingerprint density at radius 3 is 2.49 bits per heavy atom. The number of rotatable bonds is 2. The summed E-state index contributed by atoms with van der Waals surface area (Å²) in [5, 5.41) is 5.63. The second-order valence-electron chi connectivity index (χ2n) is 9.83. The van der Waals surface area contributed by atoms with Crippen LogP contribution in [0.25, 0.3) is 0 Å². The van der Waals surface area contributed by atoms with E-state index in [1.54, 1.807) is 31.0 Å². The number of hydrogen-bond donors (Lipinski definition) is 2. The largest absolute Gasteiger partial charge is 0.493 e. The van der Waals surface area contributed by atoms with Gasteiger partial charge in [0.2, 0.25) is 17.7 Å². The second kappa shape index (κ2) is 13.9. The standard InChI is InChI=1S/C27H40N4O6/c1-19-26(34)30(2)14-4-5-15-31(27(35)21-9-10-21)16-6-13-28-24(32)12-8-20-7-11-22(36-3)23(17-20)37-18-25(33)29-19/h7,11,17,19,21H,4-6,8-10,12-16,18H2,1-3H3,(H,28,32)(H,29,33)/t19-/m0/s1. The summed E-state index contributed by atoms with van der Waals surface area (Å²) in [4.78, 5) is 53.8. The van der Waals surface area contributed by atoms with Crippen LogP contribution in [0.1, 0.15) is 51.0 Å². The molecular formula is C27H40N4O6. The molecule has 3 rings (SSSR count). The molecule has 204 valence electrons. The van der Waals surface area contributed by atoms with Crippen LogP contribution in [0.2, 0.25) is 0 Å². The molecular weight excluding hydrogens is 476 g/mol. The van der Waals surface area contributed by atoms with E-state index in [4.69, 9.17) is 9.47 Å². The number of benzene rings is 1. The molecule has 0 unspecified atom stereocenters. The van der Waals surface area contributed by atoms with Crippen LogP contribution in [-0.2, 0) is 25.6 Å². The summed E-state index contributed by atoms with van der Waals surface area (Å²) >= 11 is 0. The molecule has 4 amide bonds. The number of ether oxygens (including phenoxy) is 2. The molecule has 2 aliphatic rings. The average Bonchev–Trinajstić information content (AvgIpc) is 3.74. The molecule has 2 N–H and O–H groups in total. The minimum absolute atomic E-state index is 0.0541. The fourth-order valence-corrected chi connectivity index (χ4v) is 4.33. The van der Waals surface area contributed by atoms with Gasteiger partial charge in [-0.1, -0.05) is 6.07 Å². The molecule has 0 aromatic heterocycles. The topological polar surface area (TPSA) is 117 Å². The Bertz CT molecular complexity index is 964. The fraction of sp³-hybridized carbons (Fsp3) is 0.630. The van der Waals surface area contributed by atoms with E-state index >= 15 is 0 Å². The zero-order valence-electron chi connectivity index (χ0n) is 22.2. The van der Waals surface area contributed by atoms with E-state index in [1.807, 2.05) is 11.0 Å². The van der Waals surface area contributed by atoms with E-state index in [0.717, 1.165) is 31.2 Å². The number of amides is 4. The number of carbonyl (C=O) groups excluding carboxylic acids is 4. The van der Waals surface area contributed by atoms with E-state index in [-0.39, 0.29) is 30.2 Å². The van der Waals surface area contributed by atoms with Gasteiger partial charge in [0, 0.05) is 45.6 Å². The molecule has 1 saturated carbocycles. The molecule has 37 heavy (non-hydrogen) atoms. The first-order valence-corrected chi connectivity index (χ1v) is 13.2. The van der Waals surface area contributed by atoms with E-state index < -0.39 is 11.9 Å². The number of hydrogen-bond acceptors (Lipinski definition) is 6. The summed E-state index contributed by atoms with van der Waals surface area (Å²) < 4.78 is 11.0. The van der Waals surface area contributed by atoms with Crippen molar-refractivity contribution in [2.75, 3.05) is 46.9 Å².